The second-order valence-electron chi connectivity index (χ2n) is 4.06. The molecule has 0 aliphatic heterocycles. The molecule has 0 atom stereocenters. The molecule has 0 aliphatic carbocycles. The standard InChI is InChI=1S/C12H14N4O5/c1-8(6-11(13)17)14-15-12(18)7-21-10-4-2-9(3-5-10)16(19)20/h2-5H,6-7H2,1H3,(H2,13,17)(H,15,18). The van der Waals surface area contributed by atoms with Crippen LogP contribution in [0, 0.1) is 10.1 Å². The molecule has 2 amide bonds. The molecular weight excluding hydrogens is 280 g/mol. The van der Waals surface area contributed by atoms with Crippen molar-refractivity contribution in [3.05, 3.63) is 34.4 Å². The normalized spacial score (nSPS) is 10.8. The van der Waals surface area contributed by atoms with Gasteiger partial charge in [0.05, 0.1) is 11.3 Å². The van der Waals surface area contributed by atoms with Crippen molar-refractivity contribution < 1.29 is 19.2 Å². The molecule has 1 rings (SSSR count). The van der Waals surface area contributed by atoms with E-state index >= 15 is 0 Å². The number of non-ortho nitro benzene ring substituents is 1. The molecule has 0 saturated carbocycles. The van der Waals surface area contributed by atoms with Crippen molar-refractivity contribution in [2.24, 2.45) is 10.8 Å². The number of hydrogen-bond acceptors (Lipinski definition) is 6. The van der Waals surface area contributed by atoms with Crippen LogP contribution in [0.3, 0.4) is 0 Å². The minimum Gasteiger partial charge on any atom is -0.484 e. The molecule has 0 heterocycles. The Morgan fingerprint density at radius 2 is 2.00 bits per heavy atom. The lowest BCUT2D eigenvalue weighted by Crippen LogP contribution is -2.26. The molecule has 0 radical (unpaired) electrons. The van der Waals surface area contributed by atoms with Crippen molar-refractivity contribution in [2.75, 3.05) is 6.61 Å². The Hall–Kier alpha value is -2.97. The van der Waals surface area contributed by atoms with Gasteiger partial charge in [-0.2, -0.15) is 5.10 Å². The monoisotopic (exact) mass is 294 g/mol. The van der Waals surface area contributed by atoms with Gasteiger partial charge in [0.15, 0.2) is 6.61 Å². The number of nitro benzene ring substituents is 1. The fraction of sp³-hybridized carbons (Fsp3) is 0.250. The first kappa shape index (κ1) is 16.1. The van der Waals surface area contributed by atoms with Gasteiger partial charge in [0.1, 0.15) is 5.75 Å². The Bertz CT molecular complexity index is 568. The predicted molar refractivity (Wildman–Crippen MR) is 73.7 cm³/mol. The summed E-state index contributed by atoms with van der Waals surface area (Å²) in [4.78, 5) is 31.9. The van der Waals surface area contributed by atoms with Gasteiger partial charge in [-0.25, -0.2) is 5.43 Å². The summed E-state index contributed by atoms with van der Waals surface area (Å²) in [6, 6.07) is 5.30. The fourth-order valence-corrected chi connectivity index (χ4v) is 1.29. The summed E-state index contributed by atoms with van der Waals surface area (Å²) >= 11 is 0. The third kappa shape index (κ3) is 6.14. The molecule has 0 spiro atoms. The van der Waals surface area contributed by atoms with Crippen LogP contribution in [0.4, 0.5) is 5.69 Å². The third-order valence-corrected chi connectivity index (χ3v) is 2.22. The van der Waals surface area contributed by atoms with E-state index in [1.165, 1.54) is 24.3 Å². The van der Waals surface area contributed by atoms with E-state index in [2.05, 4.69) is 10.5 Å². The molecule has 9 nitrogen and oxygen atoms in total. The summed E-state index contributed by atoms with van der Waals surface area (Å²) in [5, 5.41) is 14.1. The minimum absolute atomic E-state index is 0.0521. The number of ether oxygens (including phenoxy) is 1. The smallest absolute Gasteiger partial charge is 0.277 e. The number of nitro groups is 1. The van der Waals surface area contributed by atoms with Crippen LogP contribution in [0.2, 0.25) is 0 Å². The molecular formula is C12H14N4O5. The van der Waals surface area contributed by atoms with E-state index in [-0.39, 0.29) is 18.7 Å². The first-order valence-corrected chi connectivity index (χ1v) is 5.86. The summed E-state index contributed by atoms with van der Waals surface area (Å²) in [6.07, 6.45) is -0.0521. The SMILES string of the molecule is CC(CC(N)=O)=NNC(=O)COc1ccc([N+](=O)[O-])cc1. The molecule has 0 fully saturated rings. The fourth-order valence-electron chi connectivity index (χ4n) is 1.29. The maximum atomic E-state index is 11.4. The number of hydrazone groups is 1. The summed E-state index contributed by atoms with van der Waals surface area (Å²) in [5.74, 6) is -0.765. The first-order valence-electron chi connectivity index (χ1n) is 5.86. The predicted octanol–water partition coefficient (Wildman–Crippen LogP) is 0.341. The number of rotatable bonds is 7. The number of nitrogens with two attached hydrogens (primary N) is 1. The lowest BCUT2D eigenvalue weighted by molar-refractivity contribution is -0.384. The van der Waals surface area contributed by atoms with Gasteiger partial charge in [-0.15, -0.1) is 0 Å². The van der Waals surface area contributed by atoms with Gasteiger partial charge >= 0.3 is 0 Å². The molecule has 0 aromatic heterocycles. The van der Waals surface area contributed by atoms with E-state index in [9.17, 15) is 19.7 Å². The van der Waals surface area contributed by atoms with E-state index in [0.717, 1.165) is 0 Å². The lowest BCUT2D eigenvalue weighted by atomic mass is 10.3. The zero-order valence-electron chi connectivity index (χ0n) is 11.2. The molecule has 0 saturated heterocycles. The average molecular weight is 294 g/mol. The molecule has 21 heavy (non-hydrogen) atoms. The van der Waals surface area contributed by atoms with Gasteiger partial charge in [-0.05, 0) is 19.1 Å². The minimum atomic E-state index is -0.548. The highest BCUT2D eigenvalue weighted by molar-refractivity contribution is 5.99. The number of carbonyl (C=O) groups is 2. The van der Waals surface area contributed by atoms with Crippen molar-refractivity contribution >= 4 is 23.2 Å². The Morgan fingerprint density at radius 3 is 2.52 bits per heavy atom. The van der Waals surface area contributed by atoms with Crippen LogP contribution in [0.25, 0.3) is 0 Å². The van der Waals surface area contributed by atoms with Gasteiger partial charge in [-0.1, -0.05) is 0 Å². The Morgan fingerprint density at radius 1 is 1.38 bits per heavy atom. The maximum Gasteiger partial charge on any atom is 0.277 e. The van der Waals surface area contributed by atoms with Crippen molar-refractivity contribution in [1.29, 1.82) is 0 Å². The van der Waals surface area contributed by atoms with Crippen LogP contribution in [0.1, 0.15) is 13.3 Å². The molecule has 0 unspecified atom stereocenters. The number of primary amides is 1. The van der Waals surface area contributed by atoms with Gasteiger partial charge in [-0.3, -0.25) is 19.7 Å². The second-order valence-corrected chi connectivity index (χ2v) is 4.06. The Kier molecular flexibility index (Phi) is 5.80. The molecule has 0 aliphatic rings. The maximum absolute atomic E-state index is 11.4. The number of amides is 2. The largest absolute Gasteiger partial charge is 0.484 e. The van der Waals surface area contributed by atoms with Crippen LogP contribution in [0.15, 0.2) is 29.4 Å². The van der Waals surface area contributed by atoms with Crippen LogP contribution < -0.4 is 15.9 Å². The zero-order chi connectivity index (χ0) is 15.8. The number of nitrogens with zero attached hydrogens (tertiary/aromatic N) is 2. The summed E-state index contributed by atoms with van der Waals surface area (Å²) in [5.41, 5.74) is 7.45. The lowest BCUT2D eigenvalue weighted by Gasteiger charge is -2.05. The first-order chi connectivity index (χ1) is 9.88. The Labute approximate surface area is 119 Å². The third-order valence-electron chi connectivity index (χ3n) is 2.22. The van der Waals surface area contributed by atoms with Gasteiger partial charge in [0.25, 0.3) is 11.6 Å². The van der Waals surface area contributed by atoms with Crippen LogP contribution in [-0.2, 0) is 9.59 Å². The zero-order valence-corrected chi connectivity index (χ0v) is 11.2. The van der Waals surface area contributed by atoms with E-state index in [4.69, 9.17) is 10.5 Å². The van der Waals surface area contributed by atoms with Crippen molar-refractivity contribution in [3.8, 4) is 5.75 Å². The van der Waals surface area contributed by atoms with E-state index in [1.54, 1.807) is 6.92 Å². The highest BCUT2D eigenvalue weighted by atomic mass is 16.6. The average Bonchev–Trinajstić information content (AvgIpc) is 2.42. The van der Waals surface area contributed by atoms with Crippen molar-refractivity contribution in [2.45, 2.75) is 13.3 Å². The van der Waals surface area contributed by atoms with Crippen molar-refractivity contribution in [3.63, 3.8) is 0 Å². The highest BCUT2D eigenvalue weighted by Gasteiger charge is 2.06. The van der Waals surface area contributed by atoms with Gasteiger partial charge < -0.3 is 10.5 Å². The molecule has 1 aromatic carbocycles. The summed E-state index contributed by atoms with van der Waals surface area (Å²) in [7, 11) is 0. The molecule has 112 valence electrons. The van der Waals surface area contributed by atoms with Crippen LogP contribution in [-0.4, -0.2) is 29.1 Å². The molecule has 0 bridgehead atoms. The number of hydrogen-bond donors (Lipinski definition) is 2. The summed E-state index contributed by atoms with van der Waals surface area (Å²) in [6.45, 7) is 1.23. The van der Waals surface area contributed by atoms with Crippen molar-refractivity contribution in [1.82, 2.24) is 5.43 Å². The van der Waals surface area contributed by atoms with Gasteiger partial charge in [0.2, 0.25) is 5.91 Å². The van der Waals surface area contributed by atoms with Crippen LogP contribution >= 0.6 is 0 Å². The topological polar surface area (TPSA) is 137 Å². The number of benzene rings is 1. The highest BCUT2D eigenvalue weighted by Crippen LogP contribution is 2.16. The van der Waals surface area contributed by atoms with Gasteiger partial charge in [0, 0.05) is 17.8 Å². The number of carbonyl (C=O) groups excluding carboxylic acids is 2. The van der Waals surface area contributed by atoms with E-state index in [1.807, 2.05) is 0 Å². The second kappa shape index (κ2) is 7.58. The molecule has 1 aromatic rings. The van der Waals surface area contributed by atoms with E-state index in [0.29, 0.717) is 11.5 Å². The number of nitrogens with one attached hydrogen (secondary N) is 1. The Balaban J connectivity index is 2.42. The summed E-state index contributed by atoms with van der Waals surface area (Å²) < 4.78 is 5.12. The molecule has 9 heteroatoms. The molecule has 3 N–H and O–H groups in total. The quantitative estimate of drug-likeness (QED) is 0.424. The van der Waals surface area contributed by atoms with E-state index < -0.39 is 16.7 Å². The van der Waals surface area contributed by atoms with Crippen LogP contribution in [0.5, 0.6) is 5.75 Å².